The molecule has 0 aromatic carbocycles. The third kappa shape index (κ3) is 0.641. The molecule has 0 unspecified atom stereocenters. The molecular weight excluding hydrogens is 110 g/mol. The summed E-state index contributed by atoms with van der Waals surface area (Å²) in [6, 6.07) is 0. The van der Waals surface area contributed by atoms with Crippen molar-refractivity contribution in [1.82, 2.24) is 4.90 Å². The first-order valence-electron chi connectivity index (χ1n) is 2.16. The first-order valence-corrected chi connectivity index (χ1v) is 2.16. The van der Waals surface area contributed by atoms with Gasteiger partial charge in [0, 0.05) is 0 Å². The van der Waals surface area contributed by atoms with E-state index in [0.717, 1.165) is 4.90 Å². The summed E-state index contributed by atoms with van der Waals surface area (Å²) in [6.07, 6.45) is 0.825. The molecule has 8 heavy (non-hydrogen) atoms. The summed E-state index contributed by atoms with van der Waals surface area (Å²) >= 11 is 0. The number of hydrogen-bond acceptors (Lipinski definition) is 3. The first-order chi connectivity index (χ1) is 3.84. The van der Waals surface area contributed by atoms with E-state index in [1.54, 1.807) is 0 Å². The van der Waals surface area contributed by atoms with Gasteiger partial charge in [-0.2, -0.15) is 0 Å². The highest BCUT2D eigenvalue weighted by Crippen LogP contribution is 1.97. The highest BCUT2D eigenvalue weighted by atomic mass is 16.6. The van der Waals surface area contributed by atoms with Crippen LogP contribution in [0.25, 0.3) is 0 Å². The summed E-state index contributed by atoms with van der Waals surface area (Å²) in [5.41, 5.74) is 0. The Bertz CT molecular complexity index is 122. The topological polar surface area (TPSA) is 46.6 Å². The number of cyclic esters (lactones) is 1. The maximum absolute atomic E-state index is 10.2. The Morgan fingerprint density at radius 1 is 1.75 bits per heavy atom. The smallest absolute Gasteiger partial charge is 0.417 e. The molecule has 0 atom stereocenters. The normalized spacial score (nSPS) is 18.5. The quantitative estimate of drug-likeness (QED) is 0.462. The van der Waals surface area contributed by atoms with Gasteiger partial charge in [0.05, 0.1) is 6.54 Å². The van der Waals surface area contributed by atoms with Gasteiger partial charge in [0.1, 0.15) is 6.61 Å². The van der Waals surface area contributed by atoms with Gasteiger partial charge in [-0.3, -0.25) is 4.79 Å². The molecule has 2 amide bonds. The van der Waals surface area contributed by atoms with Crippen molar-refractivity contribution in [2.24, 2.45) is 0 Å². The molecule has 1 fully saturated rings. The summed E-state index contributed by atoms with van der Waals surface area (Å²) in [5.74, 6) is 0. The van der Waals surface area contributed by atoms with E-state index in [9.17, 15) is 9.59 Å². The van der Waals surface area contributed by atoms with Crippen LogP contribution < -0.4 is 0 Å². The molecule has 43 valence electrons. The molecule has 1 saturated heterocycles. The molecule has 1 radical (unpaired) electrons. The minimum atomic E-state index is -0.597. The minimum Gasteiger partial charge on any atom is -0.447 e. The first kappa shape index (κ1) is 5.08. The van der Waals surface area contributed by atoms with Crippen LogP contribution in [-0.4, -0.2) is 30.6 Å². The lowest BCUT2D eigenvalue weighted by molar-refractivity contribution is 0.168. The van der Waals surface area contributed by atoms with E-state index in [1.807, 2.05) is 0 Å². The standard InChI is InChI=1S/C4H4NO3/c6-3-5-1-2-8-4(5)7/h1-2H2. The fourth-order valence-corrected chi connectivity index (χ4v) is 0.476. The van der Waals surface area contributed by atoms with Crippen molar-refractivity contribution in [2.45, 2.75) is 0 Å². The van der Waals surface area contributed by atoms with Crippen LogP contribution in [0.4, 0.5) is 4.79 Å². The van der Waals surface area contributed by atoms with Crippen LogP contribution >= 0.6 is 0 Å². The van der Waals surface area contributed by atoms with Gasteiger partial charge in [-0.15, -0.1) is 0 Å². The van der Waals surface area contributed by atoms with Gasteiger partial charge in [0.25, 0.3) is 0 Å². The summed E-state index contributed by atoms with van der Waals surface area (Å²) in [7, 11) is 0. The highest BCUT2D eigenvalue weighted by Gasteiger charge is 2.21. The fourth-order valence-electron chi connectivity index (χ4n) is 0.476. The number of carbonyl (C=O) groups is 1. The molecule has 0 spiro atoms. The lowest BCUT2D eigenvalue weighted by Crippen LogP contribution is -2.21. The molecule has 1 aliphatic rings. The molecule has 0 bridgehead atoms. The second kappa shape index (κ2) is 1.81. The average molecular weight is 114 g/mol. The Morgan fingerprint density at radius 2 is 2.50 bits per heavy atom. The van der Waals surface area contributed by atoms with E-state index in [4.69, 9.17) is 0 Å². The van der Waals surface area contributed by atoms with E-state index in [2.05, 4.69) is 4.74 Å². The van der Waals surface area contributed by atoms with Crippen LogP contribution in [0.15, 0.2) is 0 Å². The van der Waals surface area contributed by atoms with Crippen LogP contribution in [0.1, 0.15) is 0 Å². The summed E-state index contributed by atoms with van der Waals surface area (Å²) in [4.78, 5) is 20.8. The maximum Gasteiger partial charge on any atom is 0.417 e. The van der Waals surface area contributed by atoms with E-state index >= 15 is 0 Å². The largest absolute Gasteiger partial charge is 0.447 e. The molecule has 1 rings (SSSR count). The minimum absolute atomic E-state index is 0.300. The third-order valence-electron chi connectivity index (χ3n) is 0.871. The maximum atomic E-state index is 10.2. The molecule has 1 heterocycles. The zero-order valence-electron chi connectivity index (χ0n) is 4.09. The predicted octanol–water partition coefficient (Wildman–Crippen LogP) is -0.494. The second-order valence-electron chi connectivity index (χ2n) is 1.36. The Morgan fingerprint density at radius 3 is 2.75 bits per heavy atom. The Balaban J connectivity index is 2.54. The Labute approximate surface area is 46.0 Å². The highest BCUT2D eigenvalue weighted by molar-refractivity contribution is 5.81. The Hall–Kier alpha value is -1.06. The van der Waals surface area contributed by atoms with Gasteiger partial charge in [-0.05, 0) is 0 Å². The van der Waals surface area contributed by atoms with Gasteiger partial charge < -0.3 is 4.74 Å². The molecule has 4 nitrogen and oxygen atoms in total. The Kier molecular flexibility index (Phi) is 1.15. The van der Waals surface area contributed by atoms with Crippen molar-refractivity contribution in [3.63, 3.8) is 0 Å². The van der Waals surface area contributed by atoms with Gasteiger partial charge in [-0.25, -0.2) is 9.69 Å². The number of nitrogens with zero attached hydrogens (tertiary/aromatic N) is 1. The molecular formula is C4H4NO3. The molecule has 0 saturated carbocycles. The SMILES string of the molecule is O=[C]N1CCOC1=O. The third-order valence-corrected chi connectivity index (χ3v) is 0.871. The number of carbonyl (C=O) groups excluding carboxylic acids is 2. The summed E-state index contributed by atoms with van der Waals surface area (Å²) < 4.78 is 4.38. The van der Waals surface area contributed by atoms with Crippen molar-refractivity contribution < 1.29 is 14.3 Å². The molecule has 1 aliphatic heterocycles. The molecule has 0 aromatic heterocycles. The number of amides is 2. The lowest BCUT2D eigenvalue weighted by atomic mass is 10.7. The van der Waals surface area contributed by atoms with Crippen LogP contribution in [-0.2, 0) is 9.53 Å². The van der Waals surface area contributed by atoms with Gasteiger partial charge in [0.15, 0.2) is 0 Å². The van der Waals surface area contributed by atoms with Crippen molar-refractivity contribution in [3.05, 3.63) is 0 Å². The molecule has 0 N–H and O–H groups in total. The summed E-state index contributed by atoms with van der Waals surface area (Å²) in [6.45, 7) is 0.635. The lowest BCUT2D eigenvalue weighted by Gasteiger charge is -1.95. The van der Waals surface area contributed by atoms with Gasteiger partial charge >= 0.3 is 12.5 Å². The van der Waals surface area contributed by atoms with E-state index in [0.29, 0.717) is 13.2 Å². The van der Waals surface area contributed by atoms with Crippen LogP contribution in [0, 0.1) is 0 Å². The van der Waals surface area contributed by atoms with E-state index in [1.165, 1.54) is 6.41 Å². The number of rotatable bonds is 1. The fraction of sp³-hybridized carbons (Fsp3) is 0.500. The monoisotopic (exact) mass is 114 g/mol. The van der Waals surface area contributed by atoms with Crippen molar-refractivity contribution in [2.75, 3.05) is 13.2 Å². The van der Waals surface area contributed by atoms with Crippen LogP contribution in [0.2, 0.25) is 0 Å². The van der Waals surface area contributed by atoms with E-state index < -0.39 is 6.09 Å². The van der Waals surface area contributed by atoms with Crippen molar-refractivity contribution >= 4 is 12.5 Å². The predicted molar refractivity (Wildman–Crippen MR) is 23.7 cm³/mol. The zero-order chi connectivity index (χ0) is 5.98. The summed E-state index contributed by atoms with van der Waals surface area (Å²) in [5, 5.41) is 0. The number of hydrogen-bond donors (Lipinski definition) is 0. The number of imide groups is 1. The van der Waals surface area contributed by atoms with Crippen LogP contribution in [0.5, 0.6) is 0 Å². The number of ether oxygens (including phenoxy) is 1. The van der Waals surface area contributed by atoms with Gasteiger partial charge in [0.2, 0.25) is 0 Å². The van der Waals surface area contributed by atoms with Gasteiger partial charge in [-0.1, -0.05) is 0 Å². The van der Waals surface area contributed by atoms with E-state index in [-0.39, 0.29) is 0 Å². The molecule has 4 heteroatoms. The van der Waals surface area contributed by atoms with Crippen molar-refractivity contribution in [3.8, 4) is 0 Å². The zero-order valence-corrected chi connectivity index (χ0v) is 4.09. The molecule has 0 aromatic rings. The van der Waals surface area contributed by atoms with Crippen molar-refractivity contribution in [1.29, 1.82) is 0 Å². The molecule has 0 aliphatic carbocycles. The van der Waals surface area contributed by atoms with Crippen LogP contribution in [0.3, 0.4) is 0 Å². The average Bonchev–Trinajstić information content (AvgIpc) is 2.14. The second-order valence-corrected chi connectivity index (χ2v) is 1.36.